The first-order valence-corrected chi connectivity index (χ1v) is 8.17. The molecule has 2 heterocycles. The fourth-order valence-corrected chi connectivity index (χ4v) is 2.90. The van der Waals surface area contributed by atoms with E-state index in [4.69, 9.17) is 20.7 Å². The van der Waals surface area contributed by atoms with Gasteiger partial charge in [0.05, 0.1) is 12.2 Å². The maximum Gasteiger partial charge on any atom is 0.351 e. The van der Waals surface area contributed by atoms with Crippen LogP contribution < -0.4 is 11.4 Å². The highest BCUT2D eigenvalue weighted by molar-refractivity contribution is 8.00. The molecular weight excluding hydrogens is 353 g/mol. The molecule has 1 aromatic carbocycles. The molecule has 0 spiro atoms. The number of thioether (sulfide) groups is 1. The number of carboxylic acid groups (broad SMARTS) is 1. The number of nitrogens with zero attached hydrogens (tertiary/aromatic N) is 2. The molecule has 134 valence electrons. The number of nitrogen functional groups attached to an aromatic ring is 1. The van der Waals surface area contributed by atoms with E-state index in [0.717, 1.165) is 6.07 Å². The summed E-state index contributed by atoms with van der Waals surface area (Å²) in [4.78, 5) is 25.2. The van der Waals surface area contributed by atoms with Crippen molar-refractivity contribution in [3.05, 3.63) is 58.4 Å². The van der Waals surface area contributed by atoms with Gasteiger partial charge in [0.25, 0.3) is 0 Å². The van der Waals surface area contributed by atoms with Crippen LogP contribution in [0.3, 0.4) is 0 Å². The first kappa shape index (κ1) is 18.9. The van der Waals surface area contributed by atoms with Gasteiger partial charge in [0.2, 0.25) is 0 Å². The van der Waals surface area contributed by atoms with Crippen molar-refractivity contribution in [2.75, 3.05) is 18.1 Å². The van der Waals surface area contributed by atoms with E-state index in [-0.39, 0.29) is 29.7 Å². The molecule has 25 heavy (non-hydrogen) atoms. The van der Waals surface area contributed by atoms with Crippen molar-refractivity contribution in [2.24, 2.45) is 0 Å². The molecule has 1 saturated heterocycles. The van der Waals surface area contributed by atoms with Crippen molar-refractivity contribution >= 4 is 23.5 Å². The predicted molar refractivity (Wildman–Crippen MR) is 89.7 cm³/mol. The number of anilines is 1. The summed E-state index contributed by atoms with van der Waals surface area (Å²) in [6.45, 7) is -0.0572. The van der Waals surface area contributed by atoms with Crippen LogP contribution in [0, 0.1) is 5.82 Å². The predicted octanol–water partition coefficient (Wildman–Crippen LogP) is 0.930. The van der Waals surface area contributed by atoms with Gasteiger partial charge in [-0.05, 0) is 18.2 Å². The number of carboxylic acids is 1. The summed E-state index contributed by atoms with van der Waals surface area (Å²) in [5.74, 6) is -1.12. The van der Waals surface area contributed by atoms with Crippen molar-refractivity contribution < 1.29 is 24.1 Å². The normalized spacial score (nSPS) is 19.1. The molecule has 2 aromatic rings. The molecule has 10 heteroatoms. The maximum absolute atomic E-state index is 12.5. The standard InChI is InChI=1S/C8H11N3O3S.C7H5FO2/c9-5-1-2-11(8(13)10-5)6-4-15-7(3-12)14-6;8-6-4-2-1-3-5(6)7(9)10/h1-2,6-7,12H,3-4H2,(H2,9,10,13);1-4H,(H,9,10)/t6-,7+;/m0./s1. The number of carbonyl (C=O) groups is 1. The molecule has 1 fully saturated rings. The molecule has 0 unspecified atom stereocenters. The van der Waals surface area contributed by atoms with Gasteiger partial charge in [0, 0.05) is 11.9 Å². The van der Waals surface area contributed by atoms with E-state index in [1.807, 2.05) is 0 Å². The van der Waals surface area contributed by atoms with Gasteiger partial charge in [0.1, 0.15) is 23.3 Å². The van der Waals surface area contributed by atoms with Crippen LogP contribution in [-0.2, 0) is 4.74 Å². The number of ether oxygens (including phenoxy) is 1. The number of hydrogen-bond acceptors (Lipinski definition) is 7. The largest absolute Gasteiger partial charge is 0.478 e. The van der Waals surface area contributed by atoms with Crippen molar-refractivity contribution in [1.82, 2.24) is 9.55 Å². The first-order valence-electron chi connectivity index (χ1n) is 7.12. The van der Waals surface area contributed by atoms with Gasteiger partial charge in [-0.15, -0.1) is 11.8 Å². The quantitative estimate of drug-likeness (QED) is 0.729. The number of halogens is 1. The average molecular weight is 369 g/mol. The van der Waals surface area contributed by atoms with Crippen LogP contribution >= 0.6 is 11.8 Å². The van der Waals surface area contributed by atoms with Crippen LogP contribution in [0.25, 0.3) is 0 Å². The van der Waals surface area contributed by atoms with Crippen LogP contribution in [-0.4, -0.2) is 43.5 Å². The Hall–Kier alpha value is -2.43. The van der Waals surface area contributed by atoms with Gasteiger partial charge < -0.3 is 20.7 Å². The highest BCUT2D eigenvalue weighted by atomic mass is 32.2. The molecule has 1 aromatic heterocycles. The maximum atomic E-state index is 12.5. The first-order chi connectivity index (χ1) is 11.9. The lowest BCUT2D eigenvalue weighted by Crippen LogP contribution is -2.28. The van der Waals surface area contributed by atoms with Crippen LogP contribution in [0.15, 0.2) is 41.3 Å². The van der Waals surface area contributed by atoms with Crippen molar-refractivity contribution in [1.29, 1.82) is 0 Å². The van der Waals surface area contributed by atoms with Gasteiger partial charge in [0.15, 0.2) is 0 Å². The number of benzene rings is 1. The number of rotatable bonds is 3. The van der Waals surface area contributed by atoms with Gasteiger partial charge in [-0.25, -0.2) is 14.0 Å². The number of aliphatic hydroxyl groups excluding tert-OH is 1. The Kier molecular flexibility index (Phi) is 6.51. The van der Waals surface area contributed by atoms with E-state index >= 15 is 0 Å². The minimum atomic E-state index is -1.24. The summed E-state index contributed by atoms with van der Waals surface area (Å²) in [6.07, 6.45) is 1.18. The number of aromatic nitrogens is 2. The minimum absolute atomic E-state index is 0.0572. The molecule has 0 aliphatic carbocycles. The Morgan fingerprint density at radius 1 is 1.44 bits per heavy atom. The lowest BCUT2D eigenvalue weighted by molar-refractivity contribution is -0.00629. The number of hydrogen-bond donors (Lipinski definition) is 3. The molecule has 2 atom stereocenters. The highest BCUT2D eigenvalue weighted by Crippen LogP contribution is 2.30. The van der Waals surface area contributed by atoms with Crippen LogP contribution in [0.4, 0.5) is 10.2 Å². The Labute approximate surface area is 146 Å². The van der Waals surface area contributed by atoms with E-state index in [0.29, 0.717) is 5.75 Å². The topological polar surface area (TPSA) is 128 Å². The van der Waals surface area contributed by atoms with E-state index in [9.17, 15) is 14.0 Å². The molecule has 0 bridgehead atoms. The fraction of sp³-hybridized carbons (Fsp3) is 0.267. The smallest absolute Gasteiger partial charge is 0.351 e. The van der Waals surface area contributed by atoms with Crippen LogP contribution in [0.5, 0.6) is 0 Å². The number of aromatic carboxylic acids is 1. The second kappa shape index (κ2) is 8.60. The summed E-state index contributed by atoms with van der Waals surface area (Å²) >= 11 is 1.47. The van der Waals surface area contributed by atoms with Gasteiger partial charge in [-0.1, -0.05) is 12.1 Å². The lowest BCUT2D eigenvalue weighted by atomic mass is 10.2. The van der Waals surface area contributed by atoms with E-state index in [2.05, 4.69) is 4.98 Å². The zero-order valence-electron chi connectivity index (χ0n) is 12.9. The molecule has 0 amide bonds. The Bertz CT molecular complexity index is 801. The van der Waals surface area contributed by atoms with Crippen molar-refractivity contribution in [2.45, 2.75) is 11.7 Å². The molecule has 1 aliphatic rings. The molecular formula is C15H16FN3O5S. The minimum Gasteiger partial charge on any atom is -0.478 e. The van der Waals surface area contributed by atoms with Crippen LogP contribution in [0.1, 0.15) is 16.6 Å². The summed E-state index contributed by atoms with van der Waals surface area (Å²) in [5.41, 5.74) is 4.38. The zero-order chi connectivity index (χ0) is 18.4. The Morgan fingerprint density at radius 2 is 2.16 bits per heavy atom. The van der Waals surface area contributed by atoms with Crippen molar-refractivity contribution in [3.8, 4) is 0 Å². The summed E-state index contributed by atoms with van der Waals surface area (Å²) < 4.78 is 19.2. The summed E-state index contributed by atoms with van der Waals surface area (Å²) in [7, 11) is 0. The van der Waals surface area contributed by atoms with Gasteiger partial charge in [-0.2, -0.15) is 4.98 Å². The van der Waals surface area contributed by atoms with Crippen molar-refractivity contribution in [3.63, 3.8) is 0 Å². The highest BCUT2D eigenvalue weighted by Gasteiger charge is 2.27. The second-order valence-corrected chi connectivity index (χ2v) is 6.06. The Balaban J connectivity index is 0.000000196. The second-order valence-electron chi connectivity index (χ2n) is 4.86. The SMILES string of the molecule is Nc1ccn([C@@H]2CS[C@H](CO)O2)c(=O)n1.O=C(O)c1ccccc1F. The van der Waals surface area contributed by atoms with Crippen LogP contribution in [0.2, 0.25) is 0 Å². The number of nitrogens with two attached hydrogens (primary N) is 1. The molecule has 0 saturated carbocycles. The molecule has 3 rings (SSSR count). The third-order valence-corrected chi connectivity index (χ3v) is 4.26. The van der Waals surface area contributed by atoms with E-state index in [1.165, 1.54) is 34.5 Å². The van der Waals surface area contributed by atoms with E-state index in [1.54, 1.807) is 12.3 Å². The van der Waals surface area contributed by atoms with E-state index < -0.39 is 17.5 Å². The molecule has 1 aliphatic heterocycles. The monoisotopic (exact) mass is 369 g/mol. The fourth-order valence-electron chi connectivity index (χ4n) is 1.96. The zero-order valence-corrected chi connectivity index (χ0v) is 13.7. The lowest BCUT2D eigenvalue weighted by Gasteiger charge is -2.13. The summed E-state index contributed by atoms with van der Waals surface area (Å²) in [6, 6.07) is 6.80. The summed E-state index contributed by atoms with van der Waals surface area (Å²) in [5, 5.41) is 17.2. The molecule has 0 radical (unpaired) electrons. The molecule has 8 nitrogen and oxygen atoms in total. The van der Waals surface area contributed by atoms with Gasteiger partial charge in [-0.3, -0.25) is 4.57 Å². The van der Waals surface area contributed by atoms with Gasteiger partial charge >= 0.3 is 11.7 Å². The Morgan fingerprint density at radius 3 is 2.68 bits per heavy atom. The number of aliphatic hydroxyl groups is 1. The third kappa shape index (κ3) is 5.02. The molecule has 4 N–H and O–H groups in total. The average Bonchev–Trinajstić information content (AvgIpc) is 3.04. The third-order valence-electron chi connectivity index (χ3n) is 3.15.